The van der Waals surface area contributed by atoms with E-state index < -0.39 is 0 Å². The number of hydrogen-bond acceptors (Lipinski definition) is 5. The van der Waals surface area contributed by atoms with E-state index in [0.717, 1.165) is 13.1 Å². The van der Waals surface area contributed by atoms with Crippen LogP contribution < -0.4 is 21.3 Å². The third kappa shape index (κ3) is 6.07. The second-order valence-corrected chi connectivity index (χ2v) is 5.78. The molecule has 2 rings (SSSR count). The minimum absolute atomic E-state index is 0.0269. The number of para-hydroxylation sites is 1. The SMILES string of the molecule is NCC(=O)NCC(=O)NCCC(=O)N1CCN(c2ccccc2)CC1. The molecule has 1 fully saturated rings. The first-order valence-electron chi connectivity index (χ1n) is 8.41. The molecule has 1 heterocycles. The summed E-state index contributed by atoms with van der Waals surface area (Å²) in [5.41, 5.74) is 6.30. The predicted octanol–water partition coefficient (Wildman–Crippen LogP) is -1.08. The molecule has 25 heavy (non-hydrogen) atoms. The summed E-state index contributed by atoms with van der Waals surface area (Å²) < 4.78 is 0. The number of amides is 3. The maximum Gasteiger partial charge on any atom is 0.239 e. The number of benzene rings is 1. The first-order chi connectivity index (χ1) is 12.1. The first kappa shape index (κ1) is 18.7. The van der Waals surface area contributed by atoms with Gasteiger partial charge in [-0.2, -0.15) is 0 Å². The van der Waals surface area contributed by atoms with E-state index in [9.17, 15) is 14.4 Å². The summed E-state index contributed by atoms with van der Waals surface area (Å²) in [6, 6.07) is 10.1. The highest BCUT2D eigenvalue weighted by Crippen LogP contribution is 2.15. The third-order valence-electron chi connectivity index (χ3n) is 4.05. The van der Waals surface area contributed by atoms with Gasteiger partial charge in [-0.1, -0.05) is 18.2 Å². The van der Waals surface area contributed by atoms with Crippen LogP contribution in [0.2, 0.25) is 0 Å². The molecule has 1 aromatic rings. The van der Waals surface area contributed by atoms with Gasteiger partial charge >= 0.3 is 0 Å². The van der Waals surface area contributed by atoms with Crippen molar-refractivity contribution in [3.63, 3.8) is 0 Å². The van der Waals surface area contributed by atoms with Crippen LogP contribution in [0.15, 0.2) is 30.3 Å². The summed E-state index contributed by atoms with van der Waals surface area (Å²) in [6.07, 6.45) is 0.252. The summed E-state index contributed by atoms with van der Waals surface area (Å²) in [6.45, 7) is 2.93. The van der Waals surface area contributed by atoms with Crippen molar-refractivity contribution in [1.82, 2.24) is 15.5 Å². The number of piperazine rings is 1. The van der Waals surface area contributed by atoms with Crippen LogP contribution in [-0.2, 0) is 14.4 Å². The Hall–Kier alpha value is -2.61. The van der Waals surface area contributed by atoms with Crippen molar-refractivity contribution in [3.8, 4) is 0 Å². The Morgan fingerprint density at radius 2 is 1.64 bits per heavy atom. The van der Waals surface area contributed by atoms with Gasteiger partial charge in [0, 0.05) is 44.8 Å². The van der Waals surface area contributed by atoms with Crippen LogP contribution in [0, 0.1) is 0 Å². The van der Waals surface area contributed by atoms with Gasteiger partial charge in [0.25, 0.3) is 0 Å². The number of hydrogen-bond donors (Lipinski definition) is 3. The fraction of sp³-hybridized carbons (Fsp3) is 0.471. The van der Waals surface area contributed by atoms with Gasteiger partial charge in [0.15, 0.2) is 0 Å². The standard InChI is InChI=1S/C17H25N5O3/c18-12-15(23)20-13-16(24)19-7-6-17(25)22-10-8-21(9-11-22)14-4-2-1-3-5-14/h1-5H,6-13,18H2,(H,19,24)(H,20,23). The maximum atomic E-state index is 12.2. The van der Waals surface area contributed by atoms with Gasteiger partial charge in [0.05, 0.1) is 13.1 Å². The molecule has 0 radical (unpaired) electrons. The molecule has 0 atom stereocenters. The van der Waals surface area contributed by atoms with E-state index in [0.29, 0.717) is 13.1 Å². The molecule has 0 unspecified atom stereocenters. The zero-order valence-corrected chi connectivity index (χ0v) is 14.2. The van der Waals surface area contributed by atoms with Crippen molar-refractivity contribution in [1.29, 1.82) is 0 Å². The molecule has 0 aromatic heterocycles. The number of carbonyl (C=O) groups is 3. The van der Waals surface area contributed by atoms with E-state index in [1.807, 2.05) is 23.1 Å². The van der Waals surface area contributed by atoms with Gasteiger partial charge in [-0.3, -0.25) is 14.4 Å². The lowest BCUT2D eigenvalue weighted by atomic mass is 10.2. The monoisotopic (exact) mass is 347 g/mol. The van der Waals surface area contributed by atoms with Gasteiger partial charge in [0.1, 0.15) is 0 Å². The molecule has 8 heteroatoms. The Bertz CT molecular complexity index is 585. The highest BCUT2D eigenvalue weighted by Gasteiger charge is 2.20. The topological polar surface area (TPSA) is 108 Å². The number of anilines is 1. The molecule has 0 spiro atoms. The molecule has 1 aliphatic rings. The zero-order chi connectivity index (χ0) is 18.1. The highest BCUT2D eigenvalue weighted by atomic mass is 16.2. The molecular formula is C17H25N5O3. The van der Waals surface area contributed by atoms with Crippen molar-refractivity contribution in [2.75, 3.05) is 50.7 Å². The van der Waals surface area contributed by atoms with Crippen molar-refractivity contribution < 1.29 is 14.4 Å². The lowest BCUT2D eigenvalue weighted by Gasteiger charge is -2.36. The van der Waals surface area contributed by atoms with E-state index in [1.54, 1.807) is 0 Å². The molecule has 136 valence electrons. The Balaban J connectivity index is 1.64. The minimum atomic E-state index is -0.387. The van der Waals surface area contributed by atoms with Crippen LogP contribution in [0.1, 0.15) is 6.42 Å². The molecule has 0 bridgehead atoms. The average molecular weight is 347 g/mol. The molecular weight excluding hydrogens is 322 g/mol. The van der Waals surface area contributed by atoms with Crippen LogP contribution in [-0.4, -0.2) is 68.4 Å². The molecule has 1 saturated heterocycles. The van der Waals surface area contributed by atoms with Crippen molar-refractivity contribution in [2.45, 2.75) is 6.42 Å². The predicted molar refractivity (Wildman–Crippen MR) is 94.9 cm³/mol. The van der Waals surface area contributed by atoms with E-state index in [-0.39, 0.29) is 43.8 Å². The van der Waals surface area contributed by atoms with Crippen LogP contribution in [0.3, 0.4) is 0 Å². The normalized spacial score (nSPS) is 14.1. The summed E-state index contributed by atoms with van der Waals surface area (Å²) >= 11 is 0. The second kappa shape index (κ2) is 9.63. The summed E-state index contributed by atoms with van der Waals surface area (Å²) in [5.74, 6) is -0.690. The van der Waals surface area contributed by atoms with Crippen molar-refractivity contribution in [2.24, 2.45) is 5.73 Å². The third-order valence-corrected chi connectivity index (χ3v) is 4.05. The maximum absolute atomic E-state index is 12.2. The summed E-state index contributed by atoms with van der Waals surface area (Å²) in [4.78, 5) is 38.8. The second-order valence-electron chi connectivity index (χ2n) is 5.78. The average Bonchev–Trinajstić information content (AvgIpc) is 2.66. The quantitative estimate of drug-likeness (QED) is 0.581. The zero-order valence-electron chi connectivity index (χ0n) is 14.2. The fourth-order valence-corrected chi connectivity index (χ4v) is 2.63. The summed E-state index contributed by atoms with van der Waals surface area (Å²) in [7, 11) is 0. The van der Waals surface area contributed by atoms with Gasteiger partial charge in [0.2, 0.25) is 17.7 Å². The number of nitrogens with one attached hydrogen (secondary N) is 2. The highest BCUT2D eigenvalue weighted by molar-refractivity contribution is 5.85. The van der Waals surface area contributed by atoms with Crippen molar-refractivity contribution >= 4 is 23.4 Å². The number of nitrogens with two attached hydrogens (primary N) is 1. The Labute approximate surface area is 147 Å². The lowest BCUT2D eigenvalue weighted by Crippen LogP contribution is -2.49. The van der Waals surface area contributed by atoms with E-state index in [2.05, 4.69) is 27.7 Å². The molecule has 8 nitrogen and oxygen atoms in total. The van der Waals surface area contributed by atoms with Gasteiger partial charge in [-0.05, 0) is 12.1 Å². The largest absolute Gasteiger partial charge is 0.368 e. The fourth-order valence-electron chi connectivity index (χ4n) is 2.63. The minimum Gasteiger partial charge on any atom is -0.368 e. The van der Waals surface area contributed by atoms with Gasteiger partial charge in [-0.25, -0.2) is 0 Å². The molecule has 1 aromatic carbocycles. The van der Waals surface area contributed by atoms with Gasteiger partial charge in [-0.15, -0.1) is 0 Å². The Kier molecular flexibility index (Phi) is 7.21. The number of rotatable bonds is 7. The summed E-state index contributed by atoms with van der Waals surface area (Å²) in [5, 5.41) is 4.99. The molecule has 0 aliphatic carbocycles. The first-order valence-corrected chi connectivity index (χ1v) is 8.41. The van der Waals surface area contributed by atoms with Crippen LogP contribution >= 0.6 is 0 Å². The van der Waals surface area contributed by atoms with Crippen molar-refractivity contribution in [3.05, 3.63) is 30.3 Å². The van der Waals surface area contributed by atoms with Crippen LogP contribution in [0.25, 0.3) is 0 Å². The Morgan fingerprint density at radius 1 is 0.960 bits per heavy atom. The van der Waals surface area contributed by atoms with E-state index in [4.69, 9.17) is 5.73 Å². The molecule has 0 saturated carbocycles. The van der Waals surface area contributed by atoms with Gasteiger partial charge < -0.3 is 26.2 Å². The van der Waals surface area contributed by atoms with Crippen LogP contribution in [0.4, 0.5) is 5.69 Å². The molecule has 1 aliphatic heterocycles. The lowest BCUT2D eigenvalue weighted by molar-refractivity contribution is -0.131. The smallest absolute Gasteiger partial charge is 0.239 e. The Morgan fingerprint density at radius 3 is 2.28 bits per heavy atom. The van der Waals surface area contributed by atoms with E-state index >= 15 is 0 Å². The van der Waals surface area contributed by atoms with E-state index in [1.165, 1.54) is 5.69 Å². The number of carbonyl (C=O) groups excluding carboxylic acids is 3. The molecule has 4 N–H and O–H groups in total. The molecule has 3 amide bonds. The number of nitrogens with zero attached hydrogens (tertiary/aromatic N) is 2. The van der Waals surface area contributed by atoms with Crippen LogP contribution in [0.5, 0.6) is 0 Å².